The van der Waals surface area contributed by atoms with E-state index in [0.29, 0.717) is 6.04 Å². The quantitative estimate of drug-likeness (QED) is 0.490. The number of hydrazine groups is 2. The van der Waals surface area contributed by atoms with E-state index in [0.717, 1.165) is 0 Å². The van der Waals surface area contributed by atoms with Crippen LogP contribution in [-0.4, -0.2) is 17.4 Å². The van der Waals surface area contributed by atoms with Crippen molar-refractivity contribution in [3.63, 3.8) is 0 Å². The highest BCUT2D eigenvalue weighted by Crippen LogP contribution is 1.89. The Balaban J connectivity index is 2.36. The van der Waals surface area contributed by atoms with Gasteiger partial charge in [-0.2, -0.15) is 5.10 Å². The summed E-state index contributed by atoms with van der Waals surface area (Å²) < 4.78 is 0. The Labute approximate surface area is 48.5 Å². The standard InChI is InChI=1S/C4H10N4/c1-4(2)8-3-5-6-7-8/h3-4,6-7H,1-2H3. The van der Waals surface area contributed by atoms with Gasteiger partial charge >= 0.3 is 0 Å². The monoisotopic (exact) mass is 114 g/mol. The SMILES string of the molecule is CC(C)N1C=NNN1. The fourth-order valence-corrected chi connectivity index (χ4v) is 0.469. The molecule has 0 saturated heterocycles. The van der Waals surface area contributed by atoms with Gasteiger partial charge in [0.2, 0.25) is 0 Å². The van der Waals surface area contributed by atoms with Crippen molar-refractivity contribution in [2.24, 2.45) is 5.10 Å². The lowest BCUT2D eigenvalue weighted by Crippen LogP contribution is -2.41. The molecule has 0 aromatic carbocycles. The predicted molar refractivity (Wildman–Crippen MR) is 31.7 cm³/mol. The lowest BCUT2D eigenvalue weighted by molar-refractivity contribution is 0.252. The summed E-state index contributed by atoms with van der Waals surface area (Å²) in [5, 5.41) is 5.60. The first kappa shape index (κ1) is 5.37. The summed E-state index contributed by atoms with van der Waals surface area (Å²) in [6.07, 6.45) is 1.71. The van der Waals surface area contributed by atoms with Crippen LogP contribution in [0, 0.1) is 0 Å². The number of hydrogen-bond donors (Lipinski definition) is 2. The summed E-state index contributed by atoms with van der Waals surface area (Å²) in [7, 11) is 0. The molecule has 0 aromatic rings. The maximum Gasteiger partial charge on any atom is 0.128 e. The number of nitrogens with one attached hydrogen (secondary N) is 2. The lowest BCUT2D eigenvalue weighted by atomic mass is 10.4. The van der Waals surface area contributed by atoms with Crippen molar-refractivity contribution in [1.29, 1.82) is 0 Å². The normalized spacial score (nSPS) is 17.6. The molecule has 1 rings (SSSR count). The Morgan fingerprint density at radius 3 is 2.62 bits per heavy atom. The topological polar surface area (TPSA) is 39.7 Å². The summed E-state index contributed by atoms with van der Waals surface area (Å²) in [6, 6.07) is 0.453. The molecule has 0 radical (unpaired) electrons. The molecule has 1 aliphatic heterocycles. The molecule has 0 unspecified atom stereocenters. The third-order valence-electron chi connectivity index (χ3n) is 0.982. The number of nitrogens with zero attached hydrogens (tertiary/aromatic N) is 2. The summed E-state index contributed by atoms with van der Waals surface area (Å²) in [4.78, 5) is 0. The smallest absolute Gasteiger partial charge is 0.128 e. The van der Waals surface area contributed by atoms with E-state index in [1.807, 2.05) is 5.01 Å². The Morgan fingerprint density at radius 2 is 2.38 bits per heavy atom. The highest BCUT2D eigenvalue weighted by Gasteiger charge is 2.05. The minimum absolute atomic E-state index is 0.453. The molecule has 4 nitrogen and oxygen atoms in total. The van der Waals surface area contributed by atoms with Crippen molar-refractivity contribution < 1.29 is 0 Å². The van der Waals surface area contributed by atoms with Crippen LogP contribution >= 0.6 is 0 Å². The summed E-state index contributed by atoms with van der Waals surface area (Å²) in [6.45, 7) is 4.15. The van der Waals surface area contributed by atoms with E-state index in [4.69, 9.17) is 0 Å². The second-order valence-electron chi connectivity index (χ2n) is 1.97. The average Bonchev–Trinajstić information content (AvgIpc) is 2.12. The molecule has 8 heavy (non-hydrogen) atoms. The van der Waals surface area contributed by atoms with Crippen molar-refractivity contribution in [2.75, 3.05) is 0 Å². The Hall–Kier alpha value is -0.770. The van der Waals surface area contributed by atoms with E-state index in [1.54, 1.807) is 6.34 Å². The van der Waals surface area contributed by atoms with Gasteiger partial charge in [0.1, 0.15) is 6.34 Å². The van der Waals surface area contributed by atoms with Gasteiger partial charge in [0.25, 0.3) is 0 Å². The molecule has 0 amide bonds. The largest absolute Gasteiger partial charge is 0.275 e. The van der Waals surface area contributed by atoms with Crippen LogP contribution in [-0.2, 0) is 0 Å². The first-order valence-corrected chi connectivity index (χ1v) is 2.63. The Kier molecular flexibility index (Phi) is 1.34. The summed E-state index contributed by atoms with van der Waals surface area (Å²) in [5.74, 6) is 0. The minimum atomic E-state index is 0.453. The molecule has 0 aliphatic carbocycles. The second-order valence-corrected chi connectivity index (χ2v) is 1.97. The molecule has 0 fully saturated rings. The first-order valence-electron chi connectivity index (χ1n) is 2.63. The molecular formula is C4H10N4. The molecule has 2 N–H and O–H groups in total. The van der Waals surface area contributed by atoms with Gasteiger partial charge in [-0.05, 0) is 13.8 Å². The van der Waals surface area contributed by atoms with Gasteiger partial charge in [-0.15, -0.1) is 5.53 Å². The van der Waals surface area contributed by atoms with Crippen LogP contribution < -0.4 is 11.1 Å². The van der Waals surface area contributed by atoms with E-state index < -0.39 is 0 Å². The maximum atomic E-state index is 3.73. The highest BCUT2D eigenvalue weighted by molar-refractivity contribution is 5.55. The van der Waals surface area contributed by atoms with Crippen LogP contribution in [0.4, 0.5) is 0 Å². The summed E-state index contributed by atoms with van der Waals surface area (Å²) >= 11 is 0. The van der Waals surface area contributed by atoms with Crippen molar-refractivity contribution in [1.82, 2.24) is 16.1 Å². The van der Waals surface area contributed by atoms with E-state index in [9.17, 15) is 0 Å². The first-order chi connectivity index (χ1) is 3.80. The van der Waals surface area contributed by atoms with E-state index >= 15 is 0 Å². The molecule has 4 heteroatoms. The van der Waals surface area contributed by atoms with Gasteiger partial charge in [-0.1, -0.05) is 0 Å². The van der Waals surface area contributed by atoms with Crippen LogP contribution in [0.15, 0.2) is 5.10 Å². The van der Waals surface area contributed by atoms with Gasteiger partial charge in [0.15, 0.2) is 0 Å². The van der Waals surface area contributed by atoms with E-state index in [2.05, 4.69) is 30.0 Å². The maximum absolute atomic E-state index is 3.73. The molecule has 0 saturated carbocycles. The number of hydrazone groups is 1. The molecule has 46 valence electrons. The average molecular weight is 114 g/mol. The third kappa shape index (κ3) is 0.894. The molecule has 0 spiro atoms. The van der Waals surface area contributed by atoms with Crippen molar-refractivity contribution in [3.05, 3.63) is 0 Å². The van der Waals surface area contributed by atoms with Crippen LogP contribution in [0.5, 0.6) is 0 Å². The fourth-order valence-electron chi connectivity index (χ4n) is 0.469. The second kappa shape index (κ2) is 2.00. The number of hydrogen-bond acceptors (Lipinski definition) is 4. The lowest BCUT2D eigenvalue weighted by Gasteiger charge is -2.16. The summed E-state index contributed by atoms with van der Waals surface area (Å²) in [5.41, 5.74) is 5.42. The molecule has 1 heterocycles. The van der Waals surface area contributed by atoms with Crippen molar-refractivity contribution >= 4 is 6.34 Å². The highest BCUT2D eigenvalue weighted by atomic mass is 15.8. The van der Waals surface area contributed by atoms with Gasteiger partial charge in [0.05, 0.1) is 0 Å². The number of rotatable bonds is 1. The van der Waals surface area contributed by atoms with Crippen LogP contribution in [0.2, 0.25) is 0 Å². The van der Waals surface area contributed by atoms with Crippen LogP contribution in [0.3, 0.4) is 0 Å². The van der Waals surface area contributed by atoms with Crippen LogP contribution in [0.25, 0.3) is 0 Å². The zero-order chi connectivity index (χ0) is 5.98. The zero-order valence-corrected chi connectivity index (χ0v) is 5.05. The minimum Gasteiger partial charge on any atom is -0.275 e. The zero-order valence-electron chi connectivity index (χ0n) is 5.05. The fraction of sp³-hybridized carbons (Fsp3) is 0.750. The molecule has 0 atom stereocenters. The predicted octanol–water partition coefficient (Wildman–Crippen LogP) is -0.337. The molecule has 0 bridgehead atoms. The molecule has 0 aromatic heterocycles. The van der Waals surface area contributed by atoms with Crippen LogP contribution in [0.1, 0.15) is 13.8 Å². The van der Waals surface area contributed by atoms with Gasteiger partial charge < -0.3 is 0 Å². The Bertz CT molecular complexity index is 98.2. The molecule has 1 aliphatic rings. The van der Waals surface area contributed by atoms with E-state index in [-0.39, 0.29) is 0 Å². The van der Waals surface area contributed by atoms with Gasteiger partial charge in [0, 0.05) is 6.04 Å². The van der Waals surface area contributed by atoms with Gasteiger partial charge in [-0.25, -0.2) is 5.53 Å². The molecular weight excluding hydrogens is 104 g/mol. The van der Waals surface area contributed by atoms with Crippen molar-refractivity contribution in [3.8, 4) is 0 Å². The Morgan fingerprint density at radius 1 is 1.62 bits per heavy atom. The van der Waals surface area contributed by atoms with Gasteiger partial charge in [-0.3, -0.25) is 5.01 Å². The van der Waals surface area contributed by atoms with Crippen molar-refractivity contribution in [2.45, 2.75) is 19.9 Å². The van der Waals surface area contributed by atoms with E-state index in [1.165, 1.54) is 0 Å². The third-order valence-corrected chi connectivity index (χ3v) is 0.982.